The molecule has 2 aromatic heterocycles. The summed E-state index contributed by atoms with van der Waals surface area (Å²) in [5, 5.41) is 12.2. The van der Waals surface area contributed by atoms with Gasteiger partial charge in [0, 0.05) is 36.3 Å². The molecule has 2 amide bonds. The van der Waals surface area contributed by atoms with E-state index >= 15 is 0 Å². The zero-order chi connectivity index (χ0) is 24.4. The van der Waals surface area contributed by atoms with Crippen LogP contribution in [-0.4, -0.2) is 26.6 Å². The van der Waals surface area contributed by atoms with Gasteiger partial charge in [-0.25, -0.2) is 5.48 Å². The van der Waals surface area contributed by atoms with Gasteiger partial charge in [0.1, 0.15) is 11.2 Å². The third-order valence-electron chi connectivity index (χ3n) is 5.85. The molecule has 2 aromatic carbocycles. The van der Waals surface area contributed by atoms with Gasteiger partial charge >= 0.3 is 0 Å². The summed E-state index contributed by atoms with van der Waals surface area (Å²) >= 11 is 0. The summed E-state index contributed by atoms with van der Waals surface area (Å²) in [5.74, 6) is -0.663. The van der Waals surface area contributed by atoms with Crippen LogP contribution >= 0.6 is 0 Å². The van der Waals surface area contributed by atoms with Crippen molar-refractivity contribution in [3.8, 4) is 11.1 Å². The highest BCUT2D eigenvalue weighted by Gasteiger charge is 2.18. The van der Waals surface area contributed by atoms with E-state index in [0.717, 1.165) is 22.3 Å². The minimum Gasteiger partial charge on any atom is -0.347 e. The molecule has 0 saturated carbocycles. The molecule has 0 radical (unpaired) electrons. The number of benzene rings is 2. The first-order chi connectivity index (χ1) is 16.3. The number of pyridine rings is 1. The van der Waals surface area contributed by atoms with Gasteiger partial charge in [0.25, 0.3) is 17.4 Å². The van der Waals surface area contributed by atoms with Crippen molar-refractivity contribution in [2.24, 2.45) is 7.05 Å². The molecule has 2 heterocycles. The molecule has 0 spiro atoms. The van der Waals surface area contributed by atoms with E-state index in [1.54, 1.807) is 42.9 Å². The Kier molecular flexibility index (Phi) is 6.34. The highest BCUT2D eigenvalue weighted by molar-refractivity contribution is 6.02. The number of hydroxylamine groups is 1. The van der Waals surface area contributed by atoms with Crippen LogP contribution in [0.25, 0.3) is 22.0 Å². The van der Waals surface area contributed by atoms with Crippen LogP contribution in [0.5, 0.6) is 0 Å². The predicted molar refractivity (Wildman–Crippen MR) is 130 cm³/mol. The summed E-state index contributed by atoms with van der Waals surface area (Å²) in [4.78, 5) is 40.1. The second-order valence-corrected chi connectivity index (χ2v) is 8.49. The van der Waals surface area contributed by atoms with E-state index in [2.05, 4.69) is 30.2 Å². The Bertz CT molecular complexity index is 1430. The number of H-pyrrole nitrogens is 1. The van der Waals surface area contributed by atoms with Gasteiger partial charge in [-0.15, -0.1) is 0 Å². The lowest BCUT2D eigenvalue weighted by atomic mass is 9.92. The Morgan fingerprint density at radius 1 is 1.03 bits per heavy atom. The van der Waals surface area contributed by atoms with Crippen LogP contribution < -0.4 is 16.4 Å². The molecule has 0 bridgehead atoms. The molecule has 34 heavy (non-hydrogen) atoms. The van der Waals surface area contributed by atoms with Gasteiger partial charge < -0.3 is 14.9 Å². The number of amides is 2. The molecule has 8 heteroatoms. The normalized spacial score (nSPS) is 11.1. The molecule has 4 aromatic rings. The molecule has 0 atom stereocenters. The minimum absolute atomic E-state index is 0.211. The van der Waals surface area contributed by atoms with Gasteiger partial charge in [0.2, 0.25) is 0 Å². The lowest BCUT2D eigenvalue weighted by Gasteiger charge is -2.14. The number of rotatable bonds is 6. The van der Waals surface area contributed by atoms with Crippen molar-refractivity contribution in [1.82, 2.24) is 20.3 Å². The number of hydrogen-bond acceptors (Lipinski definition) is 4. The molecule has 0 unspecified atom stereocenters. The van der Waals surface area contributed by atoms with E-state index < -0.39 is 5.91 Å². The summed E-state index contributed by atoms with van der Waals surface area (Å²) < 4.78 is 1.52. The fourth-order valence-corrected chi connectivity index (χ4v) is 4.03. The lowest BCUT2D eigenvalue weighted by molar-refractivity contribution is 0.0706. The molecule has 174 valence electrons. The second kappa shape index (κ2) is 9.36. The van der Waals surface area contributed by atoms with Gasteiger partial charge in [-0.1, -0.05) is 50.2 Å². The molecule has 8 nitrogen and oxygen atoms in total. The first kappa shape index (κ1) is 23.0. The van der Waals surface area contributed by atoms with Crippen molar-refractivity contribution in [2.45, 2.75) is 26.3 Å². The SMILES string of the molecule is CC(C)c1ccccc1-c1cn(C)c(=O)c2[nH]c(C(=O)NCc3ccc(C(=O)NO)cc3)cc12. The number of fused-ring (bicyclic) bond motifs is 1. The number of nitrogens with one attached hydrogen (secondary N) is 3. The zero-order valence-corrected chi connectivity index (χ0v) is 19.2. The number of hydrogen-bond donors (Lipinski definition) is 4. The fraction of sp³-hybridized carbons (Fsp3) is 0.192. The highest BCUT2D eigenvalue weighted by Crippen LogP contribution is 2.33. The number of aryl methyl sites for hydroxylation is 1. The molecule has 0 fully saturated rings. The summed E-state index contributed by atoms with van der Waals surface area (Å²) in [7, 11) is 1.70. The molecule has 0 aliphatic heterocycles. The van der Waals surface area contributed by atoms with Crippen molar-refractivity contribution in [3.63, 3.8) is 0 Å². The number of aromatic nitrogens is 2. The monoisotopic (exact) mass is 458 g/mol. The first-order valence-electron chi connectivity index (χ1n) is 10.9. The lowest BCUT2D eigenvalue weighted by Crippen LogP contribution is -2.23. The number of carbonyl (C=O) groups excluding carboxylic acids is 2. The Hall–Kier alpha value is -4.17. The second-order valence-electron chi connectivity index (χ2n) is 8.49. The molecule has 0 aliphatic carbocycles. The van der Waals surface area contributed by atoms with Crippen LogP contribution in [0, 0.1) is 0 Å². The average Bonchev–Trinajstić information content (AvgIpc) is 3.30. The fourth-order valence-electron chi connectivity index (χ4n) is 4.03. The van der Waals surface area contributed by atoms with E-state index in [1.807, 2.05) is 24.4 Å². The van der Waals surface area contributed by atoms with E-state index in [-0.39, 0.29) is 23.7 Å². The molecule has 4 rings (SSSR count). The maximum atomic E-state index is 12.9. The first-order valence-corrected chi connectivity index (χ1v) is 10.9. The Morgan fingerprint density at radius 3 is 2.41 bits per heavy atom. The van der Waals surface area contributed by atoms with Crippen LogP contribution in [0.2, 0.25) is 0 Å². The Morgan fingerprint density at radius 2 is 1.74 bits per heavy atom. The van der Waals surface area contributed by atoms with Crippen LogP contribution in [0.15, 0.2) is 65.6 Å². The summed E-state index contributed by atoms with van der Waals surface area (Å²) in [5.41, 5.74) is 6.19. The quantitative estimate of drug-likeness (QED) is 0.260. The van der Waals surface area contributed by atoms with Crippen molar-refractivity contribution in [1.29, 1.82) is 0 Å². The zero-order valence-electron chi connectivity index (χ0n) is 19.2. The third kappa shape index (κ3) is 4.35. The van der Waals surface area contributed by atoms with Gasteiger partial charge in [0.05, 0.1) is 0 Å². The van der Waals surface area contributed by atoms with E-state index in [1.165, 1.54) is 4.57 Å². The maximum Gasteiger partial charge on any atom is 0.274 e. The molecular weight excluding hydrogens is 432 g/mol. The molecular formula is C26H26N4O4. The van der Waals surface area contributed by atoms with Crippen LogP contribution in [0.4, 0.5) is 0 Å². The summed E-state index contributed by atoms with van der Waals surface area (Å²) in [6.45, 7) is 4.48. The standard InChI is InChI=1S/C26H26N4O4/c1-15(2)18-6-4-5-7-19(18)21-14-30(3)26(33)23-20(21)12-22(28-23)25(32)27-13-16-8-10-17(11-9-16)24(31)29-34/h4-12,14-15,28,34H,13H2,1-3H3,(H,27,32)(H,29,31). The molecule has 0 saturated heterocycles. The Balaban J connectivity index is 1.65. The predicted octanol–water partition coefficient (Wildman–Crippen LogP) is 3.71. The molecule has 4 N–H and O–H groups in total. The van der Waals surface area contributed by atoms with Gasteiger partial charge in [0.15, 0.2) is 0 Å². The molecule has 0 aliphatic rings. The van der Waals surface area contributed by atoms with Crippen LogP contribution in [0.1, 0.15) is 51.7 Å². The smallest absolute Gasteiger partial charge is 0.274 e. The van der Waals surface area contributed by atoms with Gasteiger partial charge in [-0.2, -0.15) is 0 Å². The average molecular weight is 459 g/mol. The van der Waals surface area contributed by atoms with Gasteiger partial charge in [-0.05, 0) is 40.8 Å². The minimum atomic E-state index is -0.606. The largest absolute Gasteiger partial charge is 0.347 e. The highest BCUT2D eigenvalue weighted by atomic mass is 16.5. The Labute approximate surface area is 196 Å². The van der Waals surface area contributed by atoms with Gasteiger partial charge in [-0.3, -0.25) is 19.6 Å². The number of nitrogens with zero attached hydrogens (tertiary/aromatic N) is 1. The summed E-state index contributed by atoms with van der Waals surface area (Å²) in [6, 6.07) is 16.3. The van der Waals surface area contributed by atoms with E-state index in [9.17, 15) is 14.4 Å². The van der Waals surface area contributed by atoms with Crippen LogP contribution in [-0.2, 0) is 13.6 Å². The summed E-state index contributed by atoms with van der Waals surface area (Å²) in [6.07, 6.45) is 1.81. The number of carbonyl (C=O) groups is 2. The maximum absolute atomic E-state index is 12.9. The third-order valence-corrected chi connectivity index (χ3v) is 5.85. The van der Waals surface area contributed by atoms with Crippen molar-refractivity contribution < 1.29 is 14.8 Å². The topological polar surface area (TPSA) is 116 Å². The van der Waals surface area contributed by atoms with Crippen molar-refractivity contribution >= 4 is 22.7 Å². The van der Waals surface area contributed by atoms with Crippen molar-refractivity contribution in [3.05, 3.63) is 93.5 Å². The van der Waals surface area contributed by atoms with Crippen LogP contribution in [0.3, 0.4) is 0 Å². The number of aromatic amines is 1. The van der Waals surface area contributed by atoms with E-state index in [0.29, 0.717) is 22.4 Å². The van der Waals surface area contributed by atoms with E-state index in [4.69, 9.17) is 5.21 Å². The van der Waals surface area contributed by atoms with Crippen molar-refractivity contribution in [2.75, 3.05) is 0 Å².